The molecule has 2 heterocycles. The average Bonchev–Trinajstić information content (AvgIpc) is 3.11. The Hall–Kier alpha value is -4.43. The monoisotopic (exact) mass is 752 g/mol. The van der Waals surface area contributed by atoms with Crippen LogP contribution in [0.15, 0.2) is 134 Å². The summed E-state index contributed by atoms with van der Waals surface area (Å²) in [7, 11) is 0. The van der Waals surface area contributed by atoms with E-state index < -0.39 is 13.2 Å². The summed E-state index contributed by atoms with van der Waals surface area (Å²) in [5.41, 5.74) is 5.73. The van der Waals surface area contributed by atoms with Gasteiger partial charge in [-0.3, -0.25) is 0 Å². The Morgan fingerprint density at radius 1 is 0.682 bits per heavy atom. The Morgan fingerprint density at radius 3 is 2.20 bits per heavy atom. The van der Waals surface area contributed by atoms with E-state index in [-0.39, 0.29) is 26.0 Å². The Labute approximate surface area is 281 Å². The van der Waals surface area contributed by atoms with Crippen LogP contribution in [0.1, 0.15) is 31.8 Å². The Bertz CT molecular complexity index is 2180. The molecule has 219 valence electrons. The fourth-order valence-electron chi connectivity index (χ4n) is 5.11. The number of pyridine rings is 2. The molecule has 7 rings (SSSR count). The molecule has 0 aliphatic heterocycles. The summed E-state index contributed by atoms with van der Waals surface area (Å²) in [6, 6.07) is 45.2. The van der Waals surface area contributed by atoms with E-state index >= 15 is 0 Å². The first kappa shape index (κ1) is 25.0. The average molecular weight is 752 g/mol. The van der Waals surface area contributed by atoms with Crippen molar-refractivity contribution in [2.45, 2.75) is 27.1 Å². The summed E-state index contributed by atoms with van der Waals surface area (Å²) in [6.45, 7) is 1.62. The van der Waals surface area contributed by atoms with Gasteiger partial charge in [0.05, 0.1) is 0 Å². The van der Waals surface area contributed by atoms with Gasteiger partial charge in [0, 0.05) is 39.4 Å². The molecule has 1 radical (unpaired) electrons. The molecule has 0 amide bonds. The Balaban J connectivity index is 0.000000190. The quantitative estimate of drug-likeness (QED) is 0.129. The molecule has 5 aromatic carbocycles. The third-order valence-corrected chi connectivity index (χ3v) is 7.14. The second kappa shape index (κ2) is 14.4. The largest absolute Gasteiger partial charge is 0.305 e. The van der Waals surface area contributed by atoms with Gasteiger partial charge in [0.1, 0.15) is 0 Å². The summed E-state index contributed by atoms with van der Waals surface area (Å²) >= 11 is 0. The van der Waals surface area contributed by atoms with Gasteiger partial charge in [0.15, 0.2) is 0 Å². The molecule has 0 fully saturated rings. The van der Waals surface area contributed by atoms with Crippen molar-refractivity contribution in [2.75, 3.05) is 0 Å². The molecule has 0 saturated carbocycles. The van der Waals surface area contributed by atoms with Crippen molar-refractivity contribution in [1.29, 1.82) is 0 Å². The minimum atomic E-state index is -2.18. The fraction of sp³-hybridized carbons (Fsp3) is 0.122. The molecule has 0 unspecified atom stereocenters. The van der Waals surface area contributed by atoms with E-state index in [1.165, 1.54) is 16.2 Å². The van der Waals surface area contributed by atoms with Gasteiger partial charge in [-0.1, -0.05) is 128 Å². The Kier molecular flexibility index (Phi) is 8.14. The van der Waals surface area contributed by atoms with Gasteiger partial charge in [0.2, 0.25) is 0 Å². The zero-order valence-electron chi connectivity index (χ0n) is 29.5. The number of nitrogens with zero attached hydrogens (tertiary/aromatic N) is 2. The van der Waals surface area contributed by atoms with E-state index in [0.29, 0.717) is 16.7 Å². The molecule has 2 aromatic heterocycles. The number of aromatic nitrogens is 2. The molecular formula is C41H34IrN2-2. The van der Waals surface area contributed by atoms with Gasteiger partial charge in [0.25, 0.3) is 0 Å². The van der Waals surface area contributed by atoms with Crippen LogP contribution >= 0.6 is 0 Å². The topological polar surface area (TPSA) is 25.8 Å². The van der Waals surface area contributed by atoms with Gasteiger partial charge >= 0.3 is 0 Å². The van der Waals surface area contributed by atoms with Gasteiger partial charge in [-0.15, -0.1) is 58.5 Å². The number of hydrogen-bond donors (Lipinski definition) is 0. The molecule has 3 heteroatoms. The van der Waals surface area contributed by atoms with Crippen LogP contribution < -0.4 is 0 Å². The van der Waals surface area contributed by atoms with Crippen LogP contribution in [0.5, 0.6) is 0 Å². The van der Waals surface area contributed by atoms with Crippen molar-refractivity contribution in [2.24, 2.45) is 5.92 Å². The second-order valence-corrected chi connectivity index (χ2v) is 10.6. The SMILES string of the molecule is [2H]C([2H])([2H])c1c[c-]c(-c2ccccn2)cc1-c1ccccc1.[2H]C([2H])(c1ccnc(-c2[c-]cc3c(ccc4ccccc43)c2)c1)C(C)C.[Ir]. The third kappa shape index (κ3) is 7.19. The number of hydrogen-bond acceptors (Lipinski definition) is 2. The van der Waals surface area contributed by atoms with Crippen molar-refractivity contribution >= 4 is 21.5 Å². The molecule has 2 nitrogen and oxygen atoms in total. The van der Waals surface area contributed by atoms with Crippen LogP contribution in [0.4, 0.5) is 0 Å². The van der Waals surface area contributed by atoms with Crippen LogP contribution in [-0.4, -0.2) is 9.97 Å². The van der Waals surface area contributed by atoms with E-state index in [2.05, 4.69) is 58.5 Å². The van der Waals surface area contributed by atoms with Gasteiger partial charge in [-0.2, -0.15) is 0 Å². The first-order valence-corrected chi connectivity index (χ1v) is 14.4. The van der Waals surface area contributed by atoms with Crippen LogP contribution in [0.3, 0.4) is 0 Å². The van der Waals surface area contributed by atoms with Crippen molar-refractivity contribution in [3.8, 4) is 33.6 Å². The summed E-state index contributed by atoms with van der Waals surface area (Å²) in [6.07, 6.45) is 2.01. The predicted octanol–water partition coefficient (Wildman–Crippen LogP) is 10.6. The molecule has 0 aliphatic rings. The Morgan fingerprint density at radius 2 is 1.41 bits per heavy atom. The maximum absolute atomic E-state index is 8.33. The minimum absolute atomic E-state index is 0. The fourth-order valence-corrected chi connectivity index (χ4v) is 5.11. The number of aryl methyl sites for hydroxylation is 1. The van der Waals surface area contributed by atoms with E-state index in [1.54, 1.807) is 24.5 Å². The maximum Gasteiger partial charge on any atom is 0.0318 e. The van der Waals surface area contributed by atoms with Crippen LogP contribution in [0.25, 0.3) is 55.2 Å². The predicted molar refractivity (Wildman–Crippen MR) is 181 cm³/mol. The van der Waals surface area contributed by atoms with Crippen molar-refractivity contribution in [1.82, 2.24) is 9.97 Å². The maximum atomic E-state index is 8.33. The number of benzene rings is 5. The number of fused-ring (bicyclic) bond motifs is 3. The van der Waals surface area contributed by atoms with Crippen LogP contribution in [0.2, 0.25) is 0 Å². The van der Waals surface area contributed by atoms with Crippen LogP contribution in [0, 0.1) is 24.9 Å². The van der Waals surface area contributed by atoms with E-state index in [0.717, 1.165) is 33.5 Å². The van der Waals surface area contributed by atoms with Crippen molar-refractivity contribution < 1.29 is 27.0 Å². The molecule has 0 saturated heterocycles. The summed E-state index contributed by atoms with van der Waals surface area (Å²) in [5, 5.41) is 4.73. The first-order valence-electron chi connectivity index (χ1n) is 16.9. The van der Waals surface area contributed by atoms with E-state index in [4.69, 9.17) is 6.85 Å². The number of rotatable bonds is 5. The third-order valence-electron chi connectivity index (χ3n) is 7.14. The first-order chi connectivity index (χ1) is 23.0. The zero-order chi connectivity index (χ0) is 33.9. The summed E-state index contributed by atoms with van der Waals surface area (Å²) < 4.78 is 39.9. The standard InChI is InChI=1S/C23H20N.C18H14N.Ir/c1-16(2)13-17-11-12-24-23(14-17)20-9-10-22-19(15-20)8-7-18-5-3-4-6-21(18)22;1-14-10-11-16(18-9-5-6-12-19-18)13-17(14)15-7-3-2-4-8-15;/h3-8,10-12,14-16H,13H2,1-2H3;2-10,12-13H,1H3;/q2*-1;/i13D2;1D3;. The molecule has 0 aliphatic carbocycles. The molecule has 0 atom stereocenters. The molecular weight excluding hydrogens is 713 g/mol. The molecule has 0 N–H and O–H groups in total. The van der Waals surface area contributed by atoms with E-state index in [9.17, 15) is 0 Å². The normalized spacial score (nSPS) is 13.0. The summed E-state index contributed by atoms with van der Waals surface area (Å²) in [4.78, 5) is 8.76. The van der Waals surface area contributed by atoms with Gasteiger partial charge < -0.3 is 9.97 Å². The van der Waals surface area contributed by atoms with Gasteiger partial charge in [-0.25, -0.2) is 0 Å². The second-order valence-electron chi connectivity index (χ2n) is 10.6. The zero-order valence-corrected chi connectivity index (χ0v) is 26.9. The smallest absolute Gasteiger partial charge is 0.0318 e. The molecule has 0 bridgehead atoms. The van der Waals surface area contributed by atoms with Gasteiger partial charge in [-0.05, 0) is 46.8 Å². The molecule has 44 heavy (non-hydrogen) atoms. The van der Waals surface area contributed by atoms with Crippen molar-refractivity contribution in [3.05, 3.63) is 157 Å². The minimum Gasteiger partial charge on any atom is -0.305 e. The molecule has 7 aromatic rings. The van der Waals surface area contributed by atoms with Crippen molar-refractivity contribution in [3.63, 3.8) is 0 Å². The van der Waals surface area contributed by atoms with Crippen LogP contribution in [-0.2, 0) is 26.5 Å². The van der Waals surface area contributed by atoms with E-state index in [1.807, 2.05) is 86.6 Å². The summed E-state index contributed by atoms with van der Waals surface area (Å²) in [5.74, 6) is -0.107. The molecule has 0 spiro atoms.